The van der Waals surface area contributed by atoms with Gasteiger partial charge in [0.15, 0.2) is 0 Å². The Bertz CT molecular complexity index is 579. The van der Waals surface area contributed by atoms with Crippen molar-refractivity contribution in [1.29, 1.82) is 0 Å². The summed E-state index contributed by atoms with van der Waals surface area (Å²) in [5.74, 6) is 0. The molecule has 25 heavy (non-hydrogen) atoms. The number of rotatable bonds is 5. The van der Waals surface area contributed by atoms with Crippen molar-refractivity contribution >= 4 is 12.4 Å². The molecule has 2 aromatic heterocycles. The van der Waals surface area contributed by atoms with Crippen LogP contribution in [0.2, 0.25) is 0 Å². The first-order chi connectivity index (χ1) is 11.9. The molecular weight excluding hydrogens is 332 g/mol. The summed E-state index contributed by atoms with van der Waals surface area (Å²) in [4.78, 5) is 14.4. The summed E-state index contributed by atoms with van der Waals surface area (Å²) >= 11 is 0. The molecule has 4 rings (SSSR count). The van der Waals surface area contributed by atoms with Crippen molar-refractivity contribution in [1.82, 2.24) is 19.8 Å². The fourth-order valence-corrected chi connectivity index (χ4v) is 4.37. The molecule has 134 valence electrons. The second kappa shape index (κ2) is 8.75. The number of hydrogen-bond donors (Lipinski definition) is 0. The van der Waals surface area contributed by atoms with Crippen LogP contribution in [0.1, 0.15) is 37.1 Å². The Morgan fingerprint density at radius 3 is 1.64 bits per heavy atom. The van der Waals surface area contributed by atoms with Crippen molar-refractivity contribution < 1.29 is 0 Å². The average Bonchev–Trinajstić information content (AvgIpc) is 3.26. The van der Waals surface area contributed by atoms with E-state index in [9.17, 15) is 0 Å². The number of halogens is 1. The van der Waals surface area contributed by atoms with Crippen molar-refractivity contribution in [3.63, 3.8) is 0 Å². The van der Waals surface area contributed by atoms with Gasteiger partial charge in [0, 0.05) is 37.6 Å². The van der Waals surface area contributed by atoms with E-state index < -0.39 is 0 Å². The maximum absolute atomic E-state index is 4.52. The average molecular weight is 359 g/mol. The van der Waals surface area contributed by atoms with Gasteiger partial charge in [0.2, 0.25) is 0 Å². The van der Waals surface area contributed by atoms with Gasteiger partial charge in [-0.3, -0.25) is 19.8 Å². The summed E-state index contributed by atoms with van der Waals surface area (Å²) in [5.41, 5.74) is 2.39. The molecule has 0 saturated carbocycles. The van der Waals surface area contributed by atoms with E-state index in [-0.39, 0.29) is 12.4 Å². The third-order valence-electron chi connectivity index (χ3n) is 5.46. The van der Waals surface area contributed by atoms with Gasteiger partial charge < -0.3 is 0 Å². The highest BCUT2D eigenvalue weighted by Gasteiger charge is 2.37. The van der Waals surface area contributed by atoms with Crippen molar-refractivity contribution in [2.75, 3.05) is 13.1 Å². The van der Waals surface area contributed by atoms with E-state index in [0.717, 1.165) is 13.1 Å². The Kier molecular flexibility index (Phi) is 6.40. The molecule has 2 unspecified atom stereocenters. The summed E-state index contributed by atoms with van der Waals surface area (Å²) < 4.78 is 0. The molecule has 0 aromatic carbocycles. The van der Waals surface area contributed by atoms with E-state index in [4.69, 9.17) is 0 Å². The maximum atomic E-state index is 4.52. The molecule has 4 nitrogen and oxygen atoms in total. The number of hydrogen-bond acceptors (Lipinski definition) is 4. The first-order valence-electron chi connectivity index (χ1n) is 9.18. The van der Waals surface area contributed by atoms with Gasteiger partial charge in [-0.15, -0.1) is 12.4 Å². The number of nitrogens with zero attached hydrogens (tertiary/aromatic N) is 4. The standard InChI is InChI=1S/C20H26N4.ClH/c1-3-11-21-17(7-1)15-23-13-5-9-19(23)20-10-6-14-24(20)16-18-8-2-4-12-22-18;/h1-4,7-8,11-12,19-20H,5-6,9-10,13-16H2;1H. The zero-order chi connectivity index (χ0) is 16.2. The molecule has 5 heteroatoms. The third-order valence-corrected chi connectivity index (χ3v) is 5.46. The molecule has 0 bridgehead atoms. The van der Waals surface area contributed by atoms with Crippen LogP contribution in [0.25, 0.3) is 0 Å². The van der Waals surface area contributed by atoms with E-state index in [0.29, 0.717) is 12.1 Å². The predicted molar refractivity (Wildman–Crippen MR) is 103 cm³/mol. The first-order valence-corrected chi connectivity index (χ1v) is 9.18. The van der Waals surface area contributed by atoms with E-state index >= 15 is 0 Å². The van der Waals surface area contributed by atoms with Crippen molar-refractivity contribution in [3.05, 3.63) is 60.2 Å². The Balaban J connectivity index is 0.00000182. The lowest BCUT2D eigenvalue weighted by Crippen LogP contribution is -2.45. The fourth-order valence-electron chi connectivity index (χ4n) is 4.37. The van der Waals surface area contributed by atoms with E-state index in [2.05, 4.69) is 44.0 Å². The normalized spacial score (nSPS) is 24.3. The molecule has 0 amide bonds. The molecule has 2 aromatic rings. The first kappa shape index (κ1) is 18.3. The second-order valence-corrected chi connectivity index (χ2v) is 7.00. The van der Waals surface area contributed by atoms with Gasteiger partial charge in [0.05, 0.1) is 11.4 Å². The predicted octanol–water partition coefficient (Wildman–Crippen LogP) is 3.53. The molecule has 0 radical (unpaired) electrons. The fraction of sp³-hybridized carbons (Fsp3) is 0.500. The molecule has 2 atom stereocenters. The van der Waals surface area contributed by atoms with E-state index in [1.807, 2.05) is 24.5 Å². The number of aromatic nitrogens is 2. The molecular formula is C20H27ClN4. The van der Waals surface area contributed by atoms with Crippen LogP contribution < -0.4 is 0 Å². The van der Waals surface area contributed by atoms with E-state index in [1.54, 1.807) is 0 Å². The van der Waals surface area contributed by atoms with Gasteiger partial charge in [-0.1, -0.05) is 12.1 Å². The maximum Gasteiger partial charge on any atom is 0.0544 e. The zero-order valence-electron chi connectivity index (χ0n) is 14.6. The molecule has 2 aliphatic heterocycles. The minimum Gasteiger partial charge on any atom is -0.293 e. The lowest BCUT2D eigenvalue weighted by molar-refractivity contribution is 0.122. The molecule has 2 aliphatic rings. The molecule has 2 saturated heterocycles. The molecule has 4 heterocycles. The van der Waals surface area contributed by atoms with Crippen LogP contribution in [-0.4, -0.2) is 44.9 Å². The molecule has 0 spiro atoms. The van der Waals surface area contributed by atoms with Gasteiger partial charge in [0.1, 0.15) is 0 Å². The summed E-state index contributed by atoms with van der Waals surface area (Å²) in [6.45, 7) is 4.38. The lowest BCUT2D eigenvalue weighted by atomic mass is 10.0. The molecule has 2 fully saturated rings. The Labute approximate surface area is 156 Å². The Hall–Kier alpha value is -1.49. The number of likely N-dealkylation sites (tertiary alicyclic amines) is 2. The van der Waals surface area contributed by atoms with Gasteiger partial charge in [-0.05, 0) is 63.0 Å². The summed E-state index contributed by atoms with van der Waals surface area (Å²) in [5, 5.41) is 0. The second-order valence-electron chi connectivity index (χ2n) is 7.00. The monoisotopic (exact) mass is 358 g/mol. The highest BCUT2D eigenvalue weighted by molar-refractivity contribution is 5.85. The van der Waals surface area contributed by atoms with Gasteiger partial charge in [-0.2, -0.15) is 0 Å². The summed E-state index contributed by atoms with van der Waals surface area (Å²) in [7, 11) is 0. The summed E-state index contributed by atoms with van der Waals surface area (Å²) in [6.07, 6.45) is 9.07. The largest absolute Gasteiger partial charge is 0.293 e. The van der Waals surface area contributed by atoms with Gasteiger partial charge >= 0.3 is 0 Å². The Morgan fingerprint density at radius 2 is 1.24 bits per heavy atom. The smallest absolute Gasteiger partial charge is 0.0544 e. The van der Waals surface area contributed by atoms with Crippen LogP contribution >= 0.6 is 12.4 Å². The number of pyridine rings is 2. The van der Waals surface area contributed by atoms with Gasteiger partial charge in [-0.25, -0.2) is 0 Å². The van der Waals surface area contributed by atoms with Crippen LogP contribution in [0.3, 0.4) is 0 Å². The minimum absolute atomic E-state index is 0. The topological polar surface area (TPSA) is 32.3 Å². The highest BCUT2D eigenvalue weighted by Crippen LogP contribution is 2.31. The lowest BCUT2D eigenvalue weighted by Gasteiger charge is -2.34. The van der Waals surface area contributed by atoms with E-state index in [1.165, 1.54) is 50.2 Å². The van der Waals surface area contributed by atoms with Crippen molar-refractivity contribution in [2.24, 2.45) is 0 Å². The molecule has 0 aliphatic carbocycles. The SMILES string of the molecule is Cl.c1ccc(CN2CCCC2C2CCCN2Cc2ccccn2)nc1. The zero-order valence-corrected chi connectivity index (χ0v) is 15.4. The van der Waals surface area contributed by atoms with Crippen LogP contribution in [0, 0.1) is 0 Å². The van der Waals surface area contributed by atoms with Crippen molar-refractivity contribution in [2.45, 2.75) is 50.9 Å². The Morgan fingerprint density at radius 1 is 0.760 bits per heavy atom. The summed E-state index contributed by atoms with van der Waals surface area (Å²) in [6, 6.07) is 13.8. The van der Waals surface area contributed by atoms with Crippen molar-refractivity contribution in [3.8, 4) is 0 Å². The van der Waals surface area contributed by atoms with Crippen LogP contribution in [0.4, 0.5) is 0 Å². The highest BCUT2D eigenvalue weighted by atomic mass is 35.5. The third kappa shape index (κ3) is 4.38. The van der Waals surface area contributed by atoms with Gasteiger partial charge in [0.25, 0.3) is 0 Å². The quantitative estimate of drug-likeness (QED) is 0.818. The minimum atomic E-state index is 0. The van der Waals surface area contributed by atoms with Crippen LogP contribution in [-0.2, 0) is 13.1 Å². The van der Waals surface area contributed by atoms with Crippen LogP contribution in [0.15, 0.2) is 48.8 Å². The molecule has 0 N–H and O–H groups in total. The van der Waals surface area contributed by atoms with Crippen LogP contribution in [0.5, 0.6) is 0 Å².